The molecular weight excluding hydrogens is 354 g/mol. The first-order chi connectivity index (χ1) is 12.4. The smallest absolute Gasteiger partial charge is 0.251 e. The number of likely N-dealkylation sites (tertiary alicyclic amines) is 1. The van der Waals surface area contributed by atoms with Crippen LogP contribution in [0.15, 0.2) is 16.5 Å². The second-order valence-corrected chi connectivity index (χ2v) is 7.17. The number of nitrogen functional groups attached to an aromatic ring is 1. The van der Waals surface area contributed by atoms with E-state index in [9.17, 15) is 4.79 Å². The highest BCUT2D eigenvalue weighted by Crippen LogP contribution is 2.19. The van der Waals surface area contributed by atoms with Gasteiger partial charge in [-0.2, -0.15) is 0 Å². The number of piperidine rings is 1. The van der Waals surface area contributed by atoms with Crippen LogP contribution in [0.1, 0.15) is 40.5 Å². The van der Waals surface area contributed by atoms with Crippen molar-refractivity contribution in [1.82, 2.24) is 20.2 Å². The Bertz CT molecular complexity index is 744. The van der Waals surface area contributed by atoms with Crippen molar-refractivity contribution < 1.29 is 9.21 Å². The molecular formula is C18H24ClN5O2. The van der Waals surface area contributed by atoms with Gasteiger partial charge in [0, 0.05) is 12.1 Å². The summed E-state index contributed by atoms with van der Waals surface area (Å²) in [5.41, 5.74) is 7.02. The Balaban J connectivity index is 1.44. The number of amides is 1. The minimum Gasteiger partial charge on any atom is -0.444 e. The van der Waals surface area contributed by atoms with E-state index in [2.05, 4.69) is 20.2 Å². The van der Waals surface area contributed by atoms with Crippen molar-refractivity contribution in [3.05, 3.63) is 40.2 Å². The average Bonchev–Trinajstić information content (AvgIpc) is 2.90. The van der Waals surface area contributed by atoms with Gasteiger partial charge in [-0.05, 0) is 57.8 Å². The molecule has 3 heterocycles. The molecule has 26 heavy (non-hydrogen) atoms. The van der Waals surface area contributed by atoms with Gasteiger partial charge in [-0.3, -0.25) is 9.69 Å². The third kappa shape index (κ3) is 4.74. The minimum atomic E-state index is -0.172. The molecule has 1 aliphatic heterocycles. The Morgan fingerprint density at radius 3 is 2.69 bits per heavy atom. The predicted molar refractivity (Wildman–Crippen MR) is 100.0 cm³/mol. The standard InChI is InChI=1S/C18H24ClN5O2/c1-11-12(2)26-17(22-11)10-24-5-3-13(4-6-24)9-21-18(25)14-7-15(19)23-16(20)8-14/h7-8,13H,3-6,9-10H2,1-2H3,(H2,20,23)(H,21,25). The zero-order valence-corrected chi connectivity index (χ0v) is 15.8. The fourth-order valence-electron chi connectivity index (χ4n) is 3.13. The maximum atomic E-state index is 12.2. The summed E-state index contributed by atoms with van der Waals surface area (Å²) < 4.78 is 5.66. The number of halogens is 1. The van der Waals surface area contributed by atoms with Crippen molar-refractivity contribution in [3.8, 4) is 0 Å². The van der Waals surface area contributed by atoms with Crippen molar-refractivity contribution in [2.75, 3.05) is 25.4 Å². The van der Waals surface area contributed by atoms with Gasteiger partial charge >= 0.3 is 0 Å². The van der Waals surface area contributed by atoms with Crippen molar-refractivity contribution in [3.63, 3.8) is 0 Å². The number of anilines is 1. The molecule has 0 spiro atoms. The lowest BCUT2D eigenvalue weighted by Crippen LogP contribution is -2.38. The Kier molecular flexibility index (Phi) is 5.78. The van der Waals surface area contributed by atoms with Crippen molar-refractivity contribution in [2.24, 2.45) is 5.92 Å². The number of hydrogen-bond acceptors (Lipinski definition) is 6. The van der Waals surface area contributed by atoms with Crippen LogP contribution in [0.5, 0.6) is 0 Å². The van der Waals surface area contributed by atoms with E-state index < -0.39 is 0 Å². The van der Waals surface area contributed by atoms with Crippen LogP contribution in [0.25, 0.3) is 0 Å². The fourth-order valence-corrected chi connectivity index (χ4v) is 3.35. The van der Waals surface area contributed by atoms with Gasteiger partial charge < -0.3 is 15.5 Å². The van der Waals surface area contributed by atoms with Gasteiger partial charge in [0.05, 0.1) is 12.2 Å². The molecule has 0 saturated carbocycles. The number of pyridine rings is 1. The molecule has 1 fully saturated rings. The van der Waals surface area contributed by atoms with Crippen LogP contribution in [-0.2, 0) is 6.54 Å². The minimum absolute atomic E-state index is 0.172. The second-order valence-electron chi connectivity index (χ2n) is 6.78. The van der Waals surface area contributed by atoms with Gasteiger partial charge in [-0.25, -0.2) is 9.97 Å². The molecule has 0 bridgehead atoms. The van der Waals surface area contributed by atoms with Crippen molar-refractivity contribution in [2.45, 2.75) is 33.2 Å². The monoisotopic (exact) mass is 377 g/mol. The van der Waals surface area contributed by atoms with Gasteiger partial charge in [0.15, 0.2) is 0 Å². The van der Waals surface area contributed by atoms with Gasteiger partial charge in [0.2, 0.25) is 5.89 Å². The lowest BCUT2D eigenvalue weighted by atomic mass is 9.96. The average molecular weight is 378 g/mol. The van der Waals surface area contributed by atoms with Crippen LogP contribution < -0.4 is 11.1 Å². The number of nitrogens with one attached hydrogen (secondary N) is 1. The van der Waals surface area contributed by atoms with Crippen molar-refractivity contribution >= 4 is 23.3 Å². The Morgan fingerprint density at radius 2 is 2.08 bits per heavy atom. The van der Waals surface area contributed by atoms with Gasteiger partial charge in [-0.15, -0.1) is 0 Å². The third-order valence-electron chi connectivity index (χ3n) is 4.77. The molecule has 1 amide bonds. The molecule has 0 unspecified atom stereocenters. The van der Waals surface area contributed by atoms with Gasteiger partial charge in [-0.1, -0.05) is 11.6 Å². The summed E-state index contributed by atoms with van der Waals surface area (Å²) in [5, 5.41) is 3.19. The fraction of sp³-hybridized carbons (Fsp3) is 0.500. The summed E-state index contributed by atoms with van der Waals surface area (Å²) in [7, 11) is 0. The highest BCUT2D eigenvalue weighted by atomic mass is 35.5. The number of oxazole rings is 1. The quantitative estimate of drug-likeness (QED) is 0.777. The predicted octanol–water partition coefficient (Wildman–Crippen LogP) is 2.56. The largest absolute Gasteiger partial charge is 0.444 e. The number of hydrogen-bond donors (Lipinski definition) is 2. The molecule has 2 aromatic rings. The number of nitrogens with zero attached hydrogens (tertiary/aromatic N) is 3. The molecule has 2 aromatic heterocycles. The summed E-state index contributed by atoms with van der Waals surface area (Å²) in [5.74, 6) is 2.19. The van der Waals surface area contributed by atoms with E-state index in [1.165, 1.54) is 12.1 Å². The molecule has 8 heteroatoms. The first-order valence-corrected chi connectivity index (χ1v) is 9.15. The molecule has 1 aliphatic rings. The molecule has 0 atom stereocenters. The Morgan fingerprint density at radius 1 is 1.35 bits per heavy atom. The highest BCUT2D eigenvalue weighted by molar-refractivity contribution is 6.29. The summed E-state index contributed by atoms with van der Waals surface area (Å²) in [6.07, 6.45) is 2.05. The summed E-state index contributed by atoms with van der Waals surface area (Å²) in [6, 6.07) is 3.06. The van der Waals surface area contributed by atoms with Crippen LogP contribution >= 0.6 is 11.6 Å². The molecule has 0 radical (unpaired) electrons. The zero-order chi connectivity index (χ0) is 18.7. The van der Waals surface area contributed by atoms with Crippen LogP contribution in [-0.4, -0.2) is 40.4 Å². The van der Waals surface area contributed by atoms with Crippen LogP contribution in [0.3, 0.4) is 0 Å². The Labute approximate surface area is 157 Å². The SMILES string of the molecule is Cc1nc(CN2CCC(CNC(=O)c3cc(N)nc(Cl)c3)CC2)oc1C. The van der Waals surface area contributed by atoms with Crippen LogP contribution in [0.4, 0.5) is 5.82 Å². The molecule has 7 nitrogen and oxygen atoms in total. The number of rotatable bonds is 5. The number of carbonyl (C=O) groups excluding carboxylic acids is 1. The number of aryl methyl sites for hydroxylation is 2. The summed E-state index contributed by atoms with van der Waals surface area (Å²) >= 11 is 5.85. The van der Waals surface area contributed by atoms with E-state index in [0.29, 0.717) is 18.0 Å². The maximum Gasteiger partial charge on any atom is 0.251 e. The van der Waals surface area contributed by atoms with Gasteiger partial charge in [0.1, 0.15) is 16.7 Å². The first-order valence-electron chi connectivity index (χ1n) is 8.77. The normalized spacial score (nSPS) is 16.0. The summed E-state index contributed by atoms with van der Waals surface area (Å²) in [6.45, 7) is 7.21. The number of nitrogens with two attached hydrogens (primary N) is 1. The van der Waals surface area contributed by atoms with E-state index in [1.54, 1.807) is 0 Å². The summed E-state index contributed by atoms with van der Waals surface area (Å²) in [4.78, 5) is 22.9. The van der Waals surface area contributed by atoms with Crippen LogP contribution in [0, 0.1) is 19.8 Å². The Hall–Kier alpha value is -2.12. The van der Waals surface area contributed by atoms with E-state index in [1.807, 2.05) is 13.8 Å². The third-order valence-corrected chi connectivity index (χ3v) is 4.96. The van der Waals surface area contributed by atoms with E-state index >= 15 is 0 Å². The highest BCUT2D eigenvalue weighted by Gasteiger charge is 2.21. The molecule has 0 aliphatic carbocycles. The molecule has 0 aromatic carbocycles. The second kappa shape index (κ2) is 8.05. The molecule has 140 valence electrons. The van der Waals surface area contributed by atoms with Crippen LogP contribution in [0.2, 0.25) is 5.15 Å². The lowest BCUT2D eigenvalue weighted by molar-refractivity contribution is 0.0933. The topological polar surface area (TPSA) is 97.3 Å². The molecule has 1 saturated heterocycles. The maximum absolute atomic E-state index is 12.2. The van der Waals surface area contributed by atoms with E-state index in [-0.39, 0.29) is 16.9 Å². The molecule has 3 N–H and O–H groups in total. The zero-order valence-electron chi connectivity index (χ0n) is 15.1. The van der Waals surface area contributed by atoms with E-state index in [4.69, 9.17) is 21.8 Å². The van der Waals surface area contributed by atoms with Crippen molar-refractivity contribution in [1.29, 1.82) is 0 Å². The van der Waals surface area contributed by atoms with E-state index in [0.717, 1.165) is 49.8 Å². The van der Waals surface area contributed by atoms with Gasteiger partial charge in [0.25, 0.3) is 5.91 Å². The lowest BCUT2D eigenvalue weighted by Gasteiger charge is -2.31. The number of aromatic nitrogens is 2. The first kappa shape index (κ1) is 18.7. The number of carbonyl (C=O) groups is 1. The molecule has 3 rings (SSSR count).